The summed E-state index contributed by atoms with van der Waals surface area (Å²) in [5.74, 6) is 0.961. The second-order valence-corrected chi connectivity index (χ2v) is 6.08. The van der Waals surface area contributed by atoms with Crippen LogP contribution < -0.4 is 10.1 Å². The molecule has 0 amide bonds. The third-order valence-corrected chi connectivity index (χ3v) is 4.07. The molecule has 1 aliphatic rings. The monoisotopic (exact) mass is 276 g/mol. The van der Waals surface area contributed by atoms with Crippen molar-refractivity contribution in [1.82, 2.24) is 4.90 Å². The molecule has 0 bridgehead atoms. The van der Waals surface area contributed by atoms with Gasteiger partial charge in [-0.1, -0.05) is 13.0 Å². The molecule has 1 heterocycles. The standard InChI is InChI=1S/C17H28N2O/c1-5-14(4)20-17-8-6-7-15(11-17)18-16-9-10-19(12-16)13(2)3/h6-8,11,13-14,16,18H,5,9-10,12H2,1-4H3. The normalized spacial score (nSPS) is 21.1. The molecule has 0 radical (unpaired) electrons. The molecule has 0 aliphatic carbocycles. The Labute approximate surface area is 123 Å². The summed E-state index contributed by atoms with van der Waals surface area (Å²) in [5.41, 5.74) is 1.17. The average Bonchev–Trinajstić information content (AvgIpc) is 2.87. The molecule has 2 rings (SSSR count). The van der Waals surface area contributed by atoms with E-state index < -0.39 is 0 Å². The molecule has 1 aromatic carbocycles. The highest BCUT2D eigenvalue weighted by Gasteiger charge is 2.23. The van der Waals surface area contributed by atoms with Gasteiger partial charge in [0.25, 0.3) is 0 Å². The molecule has 20 heavy (non-hydrogen) atoms. The maximum atomic E-state index is 5.88. The number of likely N-dealkylation sites (tertiary alicyclic amines) is 1. The van der Waals surface area contributed by atoms with Gasteiger partial charge in [-0.2, -0.15) is 0 Å². The van der Waals surface area contributed by atoms with Crippen molar-refractivity contribution in [3.05, 3.63) is 24.3 Å². The van der Waals surface area contributed by atoms with E-state index in [0.29, 0.717) is 12.1 Å². The van der Waals surface area contributed by atoms with Gasteiger partial charge in [-0.3, -0.25) is 4.90 Å². The number of nitrogens with zero attached hydrogens (tertiary/aromatic N) is 1. The summed E-state index contributed by atoms with van der Waals surface area (Å²) in [6.45, 7) is 11.1. The Kier molecular flexibility index (Phi) is 5.30. The maximum absolute atomic E-state index is 5.88. The fourth-order valence-corrected chi connectivity index (χ4v) is 2.58. The molecule has 1 saturated heterocycles. The van der Waals surface area contributed by atoms with Gasteiger partial charge in [0.05, 0.1) is 6.10 Å². The summed E-state index contributed by atoms with van der Waals surface area (Å²) in [4.78, 5) is 2.52. The quantitative estimate of drug-likeness (QED) is 0.856. The molecule has 1 N–H and O–H groups in total. The molecule has 0 saturated carbocycles. The van der Waals surface area contributed by atoms with Crippen LogP contribution in [0.1, 0.15) is 40.5 Å². The van der Waals surface area contributed by atoms with Crippen molar-refractivity contribution in [1.29, 1.82) is 0 Å². The van der Waals surface area contributed by atoms with Crippen molar-refractivity contribution in [2.45, 2.75) is 58.7 Å². The van der Waals surface area contributed by atoms with E-state index in [4.69, 9.17) is 4.74 Å². The number of hydrogen-bond donors (Lipinski definition) is 1. The molecule has 1 aliphatic heterocycles. The fraction of sp³-hybridized carbons (Fsp3) is 0.647. The first-order valence-electron chi connectivity index (χ1n) is 7.85. The van der Waals surface area contributed by atoms with E-state index in [9.17, 15) is 0 Å². The van der Waals surface area contributed by atoms with E-state index in [0.717, 1.165) is 18.7 Å². The Hall–Kier alpha value is -1.22. The maximum Gasteiger partial charge on any atom is 0.121 e. The number of ether oxygens (including phenoxy) is 1. The van der Waals surface area contributed by atoms with Crippen LogP contribution in [-0.2, 0) is 0 Å². The van der Waals surface area contributed by atoms with Gasteiger partial charge in [-0.05, 0) is 45.7 Å². The Morgan fingerprint density at radius 1 is 1.35 bits per heavy atom. The Bertz CT molecular complexity index is 419. The second kappa shape index (κ2) is 6.98. The lowest BCUT2D eigenvalue weighted by Gasteiger charge is -2.21. The highest BCUT2D eigenvalue weighted by atomic mass is 16.5. The molecular weight excluding hydrogens is 248 g/mol. The van der Waals surface area contributed by atoms with Crippen molar-refractivity contribution in [2.75, 3.05) is 18.4 Å². The SMILES string of the molecule is CCC(C)Oc1cccc(NC2CCN(C(C)C)C2)c1. The number of nitrogens with one attached hydrogen (secondary N) is 1. The molecule has 0 aromatic heterocycles. The van der Waals surface area contributed by atoms with Crippen LogP contribution in [0.3, 0.4) is 0 Å². The van der Waals surface area contributed by atoms with Crippen molar-refractivity contribution in [3.63, 3.8) is 0 Å². The topological polar surface area (TPSA) is 24.5 Å². The van der Waals surface area contributed by atoms with Crippen LogP contribution in [0.4, 0.5) is 5.69 Å². The van der Waals surface area contributed by atoms with Crippen molar-refractivity contribution < 1.29 is 4.74 Å². The second-order valence-electron chi connectivity index (χ2n) is 6.08. The summed E-state index contributed by atoms with van der Waals surface area (Å²) in [6.07, 6.45) is 2.52. The van der Waals surface area contributed by atoms with E-state index in [-0.39, 0.29) is 6.10 Å². The summed E-state index contributed by atoms with van der Waals surface area (Å²) in [7, 11) is 0. The van der Waals surface area contributed by atoms with Crippen LogP contribution in [-0.4, -0.2) is 36.2 Å². The number of anilines is 1. The lowest BCUT2D eigenvalue weighted by molar-refractivity contribution is 0.217. The van der Waals surface area contributed by atoms with Crippen LogP contribution in [0, 0.1) is 0 Å². The molecule has 2 unspecified atom stereocenters. The zero-order chi connectivity index (χ0) is 14.5. The number of hydrogen-bond acceptors (Lipinski definition) is 3. The van der Waals surface area contributed by atoms with Gasteiger partial charge in [-0.25, -0.2) is 0 Å². The van der Waals surface area contributed by atoms with E-state index in [1.54, 1.807) is 0 Å². The average molecular weight is 276 g/mol. The van der Waals surface area contributed by atoms with E-state index >= 15 is 0 Å². The fourth-order valence-electron chi connectivity index (χ4n) is 2.58. The zero-order valence-corrected chi connectivity index (χ0v) is 13.2. The van der Waals surface area contributed by atoms with Gasteiger partial charge in [0, 0.05) is 36.9 Å². The molecule has 112 valence electrons. The first-order chi connectivity index (χ1) is 9.58. The minimum atomic E-state index is 0.271. The minimum absolute atomic E-state index is 0.271. The highest BCUT2D eigenvalue weighted by molar-refractivity contribution is 5.49. The smallest absolute Gasteiger partial charge is 0.121 e. The molecule has 0 spiro atoms. The predicted octanol–water partition coefficient (Wildman–Crippen LogP) is 3.76. The Balaban J connectivity index is 1.92. The zero-order valence-electron chi connectivity index (χ0n) is 13.2. The van der Waals surface area contributed by atoms with Crippen molar-refractivity contribution >= 4 is 5.69 Å². The number of benzene rings is 1. The van der Waals surface area contributed by atoms with Crippen LogP contribution in [0.5, 0.6) is 5.75 Å². The molecule has 2 atom stereocenters. The van der Waals surface area contributed by atoms with Crippen molar-refractivity contribution in [3.8, 4) is 5.75 Å². The molecule has 1 aromatic rings. The van der Waals surface area contributed by atoms with Gasteiger partial charge in [0.1, 0.15) is 5.75 Å². The van der Waals surface area contributed by atoms with Gasteiger partial charge < -0.3 is 10.1 Å². The van der Waals surface area contributed by atoms with Crippen LogP contribution in [0.15, 0.2) is 24.3 Å². The molecule has 1 fully saturated rings. The van der Waals surface area contributed by atoms with Gasteiger partial charge >= 0.3 is 0 Å². The molecular formula is C17H28N2O. The highest BCUT2D eigenvalue weighted by Crippen LogP contribution is 2.22. The lowest BCUT2D eigenvalue weighted by Crippen LogP contribution is -2.31. The van der Waals surface area contributed by atoms with E-state index in [2.05, 4.69) is 56.1 Å². The number of rotatable bonds is 6. The van der Waals surface area contributed by atoms with E-state index in [1.807, 2.05) is 6.07 Å². The van der Waals surface area contributed by atoms with Crippen molar-refractivity contribution in [2.24, 2.45) is 0 Å². The Morgan fingerprint density at radius 2 is 2.15 bits per heavy atom. The Morgan fingerprint density at radius 3 is 2.80 bits per heavy atom. The third kappa shape index (κ3) is 4.14. The summed E-state index contributed by atoms with van der Waals surface area (Å²) < 4.78 is 5.88. The van der Waals surface area contributed by atoms with Gasteiger partial charge in [0.2, 0.25) is 0 Å². The first kappa shape index (κ1) is 15.2. The minimum Gasteiger partial charge on any atom is -0.491 e. The third-order valence-electron chi connectivity index (χ3n) is 4.07. The molecule has 3 nitrogen and oxygen atoms in total. The lowest BCUT2D eigenvalue weighted by atomic mass is 10.2. The largest absolute Gasteiger partial charge is 0.491 e. The van der Waals surface area contributed by atoms with Crippen LogP contribution in [0.2, 0.25) is 0 Å². The van der Waals surface area contributed by atoms with E-state index in [1.165, 1.54) is 18.7 Å². The summed E-state index contributed by atoms with van der Waals surface area (Å²) in [6, 6.07) is 9.53. The van der Waals surface area contributed by atoms with Gasteiger partial charge in [0.15, 0.2) is 0 Å². The summed E-state index contributed by atoms with van der Waals surface area (Å²) >= 11 is 0. The van der Waals surface area contributed by atoms with Gasteiger partial charge in [-0.15, -0.1) is 0 Å². The first-order valence-corrected chi connectivity index (χ1v) is 7.85. The van der Waals surface area contributed by atoms with Crippen LogP contribution >= 0.6 is 0 Å². The predicted molar refractivity (Wildman–Crippen MR) is 85.6 cm³/mol. The van der Waals surface area contributed by atoms with Crippen LogP contribution in [0.25, 0.3) is 0 Å². The molecule has 3 heteroatoms. The summed E-state index contributed by atoms with van der Waals surface area (Å²) in [5, 5.41) is 3.64.